The van der Waals surface area contributed by atoms with E-state index in [1.165, 1.54) is 12.1 Å². The summed E-state index contributed by atoms with van der Waals surface area (Å²) in [6.07, 6.45) is 2.50. The molecule has 0 aliphatic rings. The molecule has 0 saturated heterocycles. The van der Waals surface area contributed by atoms with Crippen molar-refractivity contribution in [3.63, 3.8) is 0 Å². The van der Waals surface area contributed by atoms with Gasteiger partial charge in [0.2, 0.25) is 5.91 Å². The fourth-order valence-electron chi connectivity index (χ4n) is 2.07. The van der Waals surface area contributed by atoms with Crippen molar-refractivity contribution in [3.8, 4) is 0 Å². The minimum atomic E-state index is -0.456. The first-order valence-electron chi connectivity index (χ1n) is 6.97. The fraction of sp³-hybridized carbons (Fsp3) is 0.250. The number of hydrogen-bond acceptors (Lipinski definition) is 4. The van der Waals surface area contributed by atoms with Gasteiger partial charge < -0.3 is 5.32 Å². The maximum atomic E-state index is 11.9. The van der Waals surface area contributed by atoms with Crippen LogP contribution in [0.15, 0.2) is 42.6 Å². The third kappa shape index (κ3) is 4.37. The van der Waals surface area contributed by atoms with Gasteiger partial charge in [-0.15, -0.1) is 0 Å². The number of nitro benzene ring substituents is 1. The molecule has 2 aromatic rings. The van der Waals surface area contributed by atoms with Crippen LogP contribution in [0.1, 0.15) is 16.8 Å². The van der Waals surface area contributed by atoms with Crippen LogP contribution in [0.3, 0.4) is 0 Å². The lowest BCUT2D eigenvalue weighted by Crippen LogP contribution is -2.27. The van der Waals surface area contributed by atoms with Gasteiger partial charge in [-0.25, -0.2) is 0 Å². The van der Waals surface area contributed by atoms with Gasteiger partial charge in [-0.3, -0.25) is 19.9 Å². The number of nitrogens with zero attached hydrogens (tertiary/aromatic N) is 2. The van der Waals surface area contributed by atoms with Crippen LogP contribution in [0.4, 0.5) is 5.69 Å². The smallest absolute Gasteiger partial charge is 0.269 e. The Morgan fingerprint density at radius 1 is 1.32 bits per heavy atom. The summed E-state index contributed by atoms with van der Waals surface area (Å²) in [6.45, 7) is 2.32. The van der Waals surface area contributed by atoms with E-state index in [2.05, 4.69) is 10.3 Å². The van der Waals surface area contributed by atoms with E-state index in [0.29, 0.717) is 18.5 Å². The molecule has 1 aromatic carbocycles. The fourth-order valence-corrected chi connectivity index (χ4v) is 2.07. The molecule has 0 aliphatic heterocycles. The van der Waals surface area contributed by atoms with E-state index in [1.54, 1.807) is 12.3 Å². The molecule has 1 amide bonds. The first-order chi connectivity index (χ1) is 10.6. The van der Waals surface area contributed by atoms with Crippen LogP contribution in [0.5, 0.6) is 0 Å². The molecular weight excluding hydrogens is 282 g/mol. The normalized spacial score (nSPS) is 10.2. The molecule has 0 saturated carbocycles. The molecule has 1 aromatic heterocycles. The second-order valence-electron chi connectivity index (χ2n) is 4.97. The maximum Gasteiger partial charge on any atom is 0.269 e. The van der Waals surface area contributed by atoms with Gasteiger partial charge in [-0.05, 0) is 30.2 Å². The molecule has 0 aliphatic carbocycles. The lowest BCUT2D eigenvalue weighted by Gasteiger charge is -2.07. The van der Waals surface area contributed by atoms with Gasteiger partial charge in [0.15, 0.2) is 0 Å². The first kappa shape index (κ1) is 15.6. The van der Waals surface area contributed by atoms with Crippen LogP contribution >= 0.6 is 0 Å². The minimum absolute atomic E-state index is 0.00175. The molecular formula is C16H17N3O3. The number of carbonyl (C=O) groups is 1. The monoisotopic (exact) mass is 299 g/mol. The van der Waals surface area contributed by atoms with E-state index in [9.17, 15) is 14.9 Å². The van der Waals surface area contributed by atoms with E-state index in [4.69, 9.17) is 0 Å². The minimum Gasteiger partial charge on any atom is -0.355 e. The first-order valence-corrected chi connectivity index (χ1v) is 6.97. The lowest BCUT2D eigenvalue weighted by atomic mass is 10.0. The molecule has 22 heavy (non-hydrogen) atoms. The molecule has 0 spiro atoms. The van der Waals surface area contributed by atoms with Crippen LogP contribution in [-0.4, -0.2) is 22.4 Å². The SMILES string of the molecule is Cc1ccc([N+](=O)[O-])cc1CC(=O)NCCc1ccccn1. The number of rotatable bonds is 6. The van der Waals surface area contributed by atoms with Gasteiger partial charge in [0.25, 0.3) is 5.69 Å². The number of nitro groups is 1. The third-order valence-corrected chi connectivity index (χ3v) is 3.32. The molecule has 0 fully saturated rings. The molecule has 0 unspecified atom stereocenters. The number of pyridine rings is 1. The van der Waals surface area contributed by atoms with Crippen molar-refractivity contribution >= 4 is 11.6 Å². The summed E-state index contributed by atoms with van der Waals surface area (Å²) in [4.78, 5) is 26.4. The van der Waals surface area contributed by atoms with E-state index in [1.807, 2.05) is 25.1 Å². The zero-order chi connectivity index (χ0) is 15.9. The Morgan fingerprint density at radius 3 is 2.82 bits per heavy atom. The molecule has 114 valence electrons. The highest BCUT2D eigenvalue weighted by Gasteiger charge is 2.11. The number of nitrogens with one attached hydrogen (secondary N) is 1. The predicted octanol–water partition coefficient (Wildman–Crippen LogP) is 2.20. The maximum absolute atomic E-state index is 11.9. The van der Waals surface area contributed by atoms with E-state index in [-0.39, 0.29) is 18.0 Å². The Balaban J connectivity index is 1.89. The van der Waals surface area contributed by atoms with Gasteiger partial charge in [-0.1, -0.05) is 12.1 Å². The molecule has 6 heteroatoms. The molecule has 6 nitrogen and oxygen atoms in total. The van der Waals surface area contributed by atoms with Crippen LogP contribution < -0.4 is 5.32 Å². The Kier molecular flexibility index (Phi) is 5.19. The lowest BCUT2D eigenvalue weighted by molar-refractivity contribution is -0.384. The summed E-state index contributed by atoms with van der Waals surface area (Å²) >= 11 is 0. The second kappa shape index (κ2) is 7.31. The molecule has 2 rings (SSSR count). The Hall–Kier alpha value is -2.76. The number of hydrogen-bond donors (Lipinski definition) is 1. The Morgan fingerprint density at radius 2 is 2.14 bits per heavy atom. The van der Waals surface area contributed by atoms with Crippen molar-refractivity contribution in [2.24, 2.45) is 0 Å². The number of aromatic nitrogens is 1. The van der Waals surface area contributed by atoms with Gasteiger partial charge in [0.05, 0.1) is 11.3 Å². The highest BCUT2D eigenvalue weighted by molar-refractivity contribution is 5.79. The van der Waals surface area contributed by atoms with Crippen molar-refractivity contribution in [2.75, 3.05) is 6.54 Å². The van der Waals surface area contributed by atoms with Crippen molar-refractivity contribution in [1.29, 1.82) is 0 Å². The average molecular weight is 299 g/mol. The molecule has 1 heterocycles. The zero-order valence-corrected chi connectivity index (χ0v) is 12.3. The van der Waals surface area contributed by atoms with Gasteiger partial charge in [0, 0.05) is 37.0 Å². The average Bonchev–Trinajstić information content (AvgIpc) is 2.50. The predicted molar refractivity (Wildman–Crippen MR) is 82.5 cm³/mol. The van der Waals surface area contributed by atoms with E-state index in [0.717, 1.165) is 11.3 Å². The quantitative estimate of drug-likeness (QED) is 0.654. The number of non-ortho nitro benzene ring substituents is 1. The van der Waals surface area contributed by atoms with Gasteiger partial charge >= 0.3 is 0 Å². The molecule has 0 atom stereocenters. The topological polar surface area (TPSA) is 85.1 Å². The number of carbonyl (C=O) groups excluding carboxylic acids is 1. The van der Waals surface area contributed by atoms with E-state index < -0.39 is 4.92 Å². The summed E-state index contributed by atoms with van der Waals surface area (Å²) in [5, 5.41) is 13.6. The standard InChI is InChI=1S/C16H17N3O3/c1-12-5-6-15(19(21)22)10-13(12)11-16(20)18-9-7-14-4-2-3-8-17-14/h2-6,8,10H,7,9,11H2,1H3,(H,18,20). The molecule has 0 radical (unpaired) electrons. The summed E-state index contributed by atoms with van der Waals surface area (Å²) in [7, 11) is 0. The Bertz CT molecular complexity index is 672. The van der Waals surface area contributed by atoms with Gasteiger partial charge in [0.1, 0.15) is 0 Å². The summed E-state index contributed by atoms with van der Waals surface area (Å²) in [5.41, 5.74) is 2.45. The van der Waals surface area contributed by atoms with Crippen LogP contribution in [0.25, 0.3) is 0 Å². The van der Waals surface area contributed by atoms with Crippen molar-refractivity contribution in [2.45, 2.75) is 19.8 Å². The van der Waals surface area contributed by atoms with Crippen LogP contribution in [0, 0.1) is 17.0 Å². The van der Waals surface area contributed by atoms with Crippen molar-refractivity contribution < 1.29 is 9.72 Å². The third-order valence-electron chi connectivity index (χ3n) is 3.32. The highest BCUT2D eigenvalue weighted by Crippen LogP contribution is 2.17. The van der Waals surface area contributed by atoms with Crippen molar-refractivity contribution in [3.05, 3.63) is 69.5 Å². The van der Waals surface area contributed by atoms with E-state index >= 15 is 0 Å². The van der Waals surface area contributed by atoms with Gasteiger partial charge in [-0.2, -0.15) is 0 Å². The highest BCUT2D eigenvalue weighted by atomic mass is 16.6. The van der Waals surface area contributed by atoms with Crippen LogP contribution in [-0.2, 0) is 17.6 Å². The van der Waals surface area contributed by atoms with Crippen LogP contribution in [0.2, 0.25) is 0 Å². The number of amides is 1. The number of aryl methyl sites for hydroxylation is 1. The zero-order valence-electron chi connectivity index (χ0n) is 12.3. The largest absolute Gasteiger partial charge is 0.355 e. The Labute approximate surface area is 128 Å². The summed E-state index contributed by atoms with van der Waals surface area (Å²) in [6, 6.07) is 10.2. The number of benzene rings is 1. The molecule has 1 N–H and O–H groups in total. The molecule has 0 bridgehead atoms. The summed E-state index contributed by atoms with van der Waals surface area (Å²) < 4.78 is 0. The van der Waals surface area contributed by atoms with Crippen molar-refractivity contribution in [1.82, 2.24) is 10.3 Å². The second-order valence-corrected chi connectivity index (χ2v) is 4.97. The summed E-state index contributed by atoms with van der Waals surface area (Å²) in [5.74, 6) is -0.153.